The van der Waals surface area contributed by atoms with Gasteiger partial charge in [0.2, 0.25) is 5.91 Å². The summed E-state index contributed by atoms with van der Waals surface area (Å²) < 4.78 is 40.7. The molecule has 0 aliphatic carbocycles. The van der Waals surface area contributed by atoms with Gasteiger partial charge >= 0.3 is 6.18 Å². The summed E-state index contributed by atoms with van der Waals surface area (Å²) in [6.45, 7) is 0.700. The van der Waals surface area contributed by atoms with Crippen molar-refractivity contribution < 1.29 is 18.0 Å². The highest BCUT2D eigenvalue weighted by molar-refractivity contribution is 5.85. The molecule has 6 nitrogen and oxygen atoms in total. The van der Waals surface area contributed by atoms with Gasteiger partial charge in [0, 0.05) is 45.0 Å². The lowest BCUT2D eigenvalue weighted by Crippen LogP contribution is -2.57. The molecular formula is C14H20ClF3N4O2. The molecule has 0 spiro atoms. The number of rotatable bonds is 5. The molecule has 0 aromatic carbocycles. The molecule has 2 N–H and O–H groups in total. The Morgan fingerprint density at radius 3 is 2.54 bits per heavy atom. The maximum absolute atomic E-state index is 13.2. The van der Waals surface area contributed by atoms with Gasteiger partial charge in [-0.2, -0.15) is 13.2 Å². The molecule has 10 heteroatoms. The van der Waals surface area contributed by atoms with Gasteiger partial charge in [-0.1, -0.05) is 6.07 Å². The monoisotopic (exact) mass is 368 g/mol. The lowest BCUT2D eigenvalue weighted by atomic mass is 10.2. The molecule has 1 aliphatic rings. The van der Waals surface area contributed by atoms with Crippen molar-refractivity contribution in [2.75, 3.05) is 32.7 Å². The average Bonchev–Trinajstić information content (AvgIpc) is 2.49. The van der Waals surface area contributed by atoms with Gasteiger partial charge in [-0.05, 0) is 6.07 Å². The Balaban J connectivity index is 0.00000288. The van der Waals surface area contributed by atoms with Crippen molar-refractivity contribution in [1.29, 1.82) is 0 Å². The Morgan fingerprint density at radius 1 is 1.29 bits per heavy atom. The van der Waals surface area contributed by atoms with Crippen LogP contribution in [0.1, 0.15) is 0 Å². The molecule has 1 fully saturated rings. The first kappa shape index (κ1) is 20.5. The van der Waals surface area contributed by atoms with Gasteiger partial charge < -0.3 is 15.2 Å². The Bertz CT molecular complexity index is 588. The van der Waals surface area contributed by atoms with Crippen LogP contribution in [-0.2, 0) is 11.3 Å². The summed E-state index contributed by atoms with van der Waals surface area (Å²) in [5.74, 6) is -0.623. The zero-order valence-corrected chi connectivity index (χ0v) is 13.7. The molecule has 136 valence electrons. The van der Waals surface area contributed by atoms with Crippen molar-refractivity contribution in [2.24, 2.45) is 0 Å². The maximum Gasteiger partial charge on any atom is 0.405 e. The number of hydrogen-bond donors (Lipinski definition) is 2. The summed E-state index contributed by atoms with van der Waals surface area (Å²) in [4.78, 5) is 24.6. The van der Waals surface area contributed by atoms with Gasteiger partial charge in [0.15, 0.2) is 0 Å². The summed E-state index contributed by atoms with van der Waals surface area (Å²) in [7, 11) is 0. The molecule has 1 atom stereocenters. The molecule has 0 radical (unpaired) electrons. The van der Waals surface area contributed by atoms with E-state index in [2.05, 4.69) is 10.6 Å². The molecule has 0 bridgehead atoms. The number of nitrogens with one attached hydrogen (secondary N) is 2. The van der Waals surface area contributed by atoms with Crippen LogP contribution in [0.15, 0.2) is 29.2 Å². The van der Waals surface area contributed by atoms with Gasteiger partial charge in [-0.15, -0.1) is 12.4 Å². The Labute approximate surface area is 143 Å². The molecule has 1 aliphatic heterocycles. The molecule has 2 rings (SSSR count). The zero-order chi connectivity index (χ0) is 16.9. The predicted octanol–water partition coefficient (Wildman–Crippen LogP) is 0.222. The summed E-state index contributed by atoms with van der Waals surface area (Å²) in [6.07, 6.45) is -3.01. The van der Waals surface area contributed by atoms with Gasteiger partial charge in [-0.3, -0.25) is 14.5 Å². The van der Waals surface area contributed by atoms with E-state index in [1.165, 1.54) is 23.2 Å². The highest BCUT2D eigenvalue weighted by atomic mass is 35.5. The van der Waals surface area contributed by atoms with Crippen molar-refractivity contribution in [1.82, 2.24) is 20.1 Å². The van der Waals surface area contributed by atoms with E-state index in [-0.39, 0.29) is 37.6 Å². The first-order chi connectivity index (χ1) is 10.9. The second kappa shape index (κ2) is 9.05. The van der Waals surface area contributed by atoms with Crippen molar-refractivity contribution >= 4 is 18.3 Å². The molecule has 1 saturated heterocycles. The number of halogens is 4. The van der Waals surface area contributed by atoms with E-state index in [0.29, 0.717) is 13.1 Å². The lowest BCUT2D eigenvalue weighted by Gasteiger charge is -2.35. The van der Waals surface area contributed by atoms with Crippen LogP contribution in [-0.4, -0.2) is 60.3 Å². The largest absolute Gasteiger partial charge is 0.405 e. The van der Waals surface area contributed by atoms with Crippen LogP contribution in [0.25, 0.3) is 0 Å². The minimum atomic E-state index is -4.42. The van der Waals surface area contributed by atoms with Crippen LogP contribution < -0.4 is 16.2 Å². The van der Waals surface area contributed by atoms with Gasteiger partial charge in [0.1, 0.15) is 12.6 Å². The number of alkyl halides is 3. The first-order valence-corrected chi connectivity index (χ1v) is 7.31. The van der Waals surface area contributed by atoms with Crippen molar-refractivity contribution in [3.63, 3.8) is 0 Å². The zero-order valence-electron chi connectivity index (χ0n) is 12.9. The van der Waals surface area contributed by atoms with Crippen molar-refractivity contribution in [3.8, 4) is 0 Å². The van der Waals surface area contributed by atoms with Crippen LogP contribution in [0.5, 0.6) is 0 Å². The maximum atomic E-state index is 13.2. The molecule has 1 aromatic heterocycles. The third-order valence-electron chi connectivity index (χ3n) is 3.68. The summed E-state index contributed by atoms with van der Waals surface area (Å²) in [5, 5.41) is 5.27. The lowest BCUT2D eigenvalue weighted by molar-refractivity contribution is -0.184. The van der Waals surface area contributed by atoms with E-state index in [0.717, 1.165) is 4.57 Å². The van der Waals surface area contributed by atoms with Crippen LogP contribution >= 0.6 is 12.4 Å². The number of pyridine rings is 1. The van der Waals surface area contributed by atoms with Crippen LogP contribution in [0.3, 0.4) is 0 Å². The topological polar surface area (TPSA) is 66.4 Å². The Morgan fingerprint density at radius 2 is 1.96 bits per heavy atom. The number of amides is 1. The van der Waals surface area contributed by atoms with E-state index in [9.17, 15) is 22.8 Å². The number of nitrogens with zero attached hydrogens (tertiary/aromatic N) is 2. The van der Waals surface area contributed by atoms with Gasteiger partial charge in [0.25, 0.3) is 5.56 Å². The predicted molar refractivity (Wildman–Crippen MR) is 85.2 cm³/mol. The number of aromatic nitrogens is 1. The van der Waals surface area contributed by atoms with E-state index >= 15 is 0 Å². The first-order valence-electron chi connectivity index (χ1n) is 7.31. The molecule has 2 heterocycles. The van der Waals surface area contributed by atoms with Crippen LogP contribution in [0.2, 0.25) is 0 Å². The third-order valence-corrected chi connectivity index (χ3v) is 3.68. The fraction of sp³-hybridized carbons (Fsp3) is 0.571. The normalized spacial score (nSPS) is 17.0. The van der Waals surface area contributed by atoms with Crippen LogP contribution in [0.4, 0.5) is 13.2 Å². The Kier molecular flexibility index (Phi) is 7.71. The quantitative estimate of drug-likeness (QED) is 0.780. The standard InChI is InChI=1S/C14H19F3N4O2.ClH/c15-14(16,17)11(20-7-4-18-5-8-20)9-19-12(22)10-21-6-2-1-3-13(21)23;/h1-3,6,11,18H,4-5,7-10H2,(H,19,22);1H. The second-order valence-electron chi connectivity index (χ2n) is 5.31. The minimum absolute atomic E-state index is 0. The summed E-state index contributed by atoms with van der Waals surface area (Å²) in [5.41, 5.74) is -0.378. The Hall–Kier alpha value is -1.58. The third kappa shape index (κ3) is 5.81. The highest BCUT2D eigenvalue weighted by Crippen LogP contribution is 2.24. The van der Waals surface area contributed by atoms with E-state index in [1.54, 1.807) is 6.07 Å². The summed E-state index contributed by atoms with van der Waals surface area (Å²) in [6, 6.07) is 2.67. The fourth-order valence-corrected chi connectivity index (χ4v) is 2.46. The molecule has 1 amide bonds. The average molecular weight is 369 g/mol. The van der Waals surface area contributed by atoms with Crippen molar-refractivity contribution in [2.45, 2.75) is 18.8 Å². The SMILES string of the molecule is Cl.O=C(Cn1ccccc1=O)NCC(N1CCNCC1)C(F)(F)F. The van der Waals surface area contributed by atoms with E-state index in [4.69, 9.17) is 0 Å². The van der Waals surface area contributed by atoms with E-state index in [1.807, 2.05) is 0 Å². The molecule has 1 aromatic rings. The number of piperazine rings is 1. The number of hydrogen-bond acceptors (Lipinski definition) is 4. The van der Waals surface area contributed by atoms with Crippen LogP contribution in [0, 0.1) is 0 Å². The molecule has 1 unspecified atom stereocenters. The smallest absolute Gasteiger partial charge is 0.353 e. The highest BCUT2D eigenvalue weighted by Gasteiger charge is 2.43. The molecule has 0 saturated carbocycles. The fourth-order valence-electron chi connectivity index (χ4n) is 2.46. The minimum Gasteiger partial charge on any atom is -0.353 e. The van der Waals surface area contributed by atoms with Gasteiger partial charge in [-0.25, -0.2) is 0 Å². The van der Waals surface area contributed by atoms with E-state index < -0.39 is 24.7 Å². The second-order valence-corrected chi connectivity index (χ2v) is 5.31. The molecule has 24 heavy (non-hydrogen) atoms. The van der Waals surface area contributed by atoms with Crippen molar-refractivity contribution in [3.05, 3.63) is 34.7 Å². The summed E-state index contributed by atoms with van der Waals surface area (Å²) >= 11 is 0. The molecular weight excluding hydrogens is 349 g/mol. The number of carbonyl (C=O) groups is 1. The van der Waals surface area contributed by atoms with Gasteiger partial charge in [0.05, 0.1) is 0 Å². The number of carbonyl (C=O) groups excluding carboxylic acids is 1.